The third-order valence-corrected chi connectivity index (χ3v) is 7.28. The molecule has 2 atom stereocenters. The number of benzene rings is 1. The van der Waals surface area contributed by atoms with Crippen LogP contribution in [0.4, 0.5) is 0 Å². The molecule has 0 radical (unpaired) electrons. The molecule has 1 aromatic carbocycles. The Morgan fingerprint density at radius 2 is 1.88 bits per heavy atom. The van der Waals surface area contributed by atoms with Crippen LogP contribution >= 0.6 is 0 Å². The predicted octanol–water partition coefficient (Wildman–Crippen LogP) is 0.0914. The molecule has 0 saturated carbocycles. The number of nitrogens with zero attached hydrogens (tertiary/aromatic N) is 3. The number of carbonyl (C=O) groups excluding carboxylic acids is 4. The smallest absolute Gasteiger partial charge is 0.255 e. The first-order chi connectivity index (χ1) is 16.0. The van der Waals surface area contributed by atoms with Crippen LogP contribution in [0, 0.1) is 5.92 Å². The Kier molecular flexibility index (Phi) is 6.16. The lowest BCUT2D eigenvalue weighted by molar-refractivity contribution is -0.138. The van der Waals surface area contributed by atoms with Crippen molar-refractivity contribution in [2.75, 3.05) is 39.3 Å². The third-order valence-electron chi connectivity index (χ3n) is 7.28. The molecule has 4 aliphatic heterocycles. The highest BCUT2D eigenvalue weighted by molar-refractivity contribution is 6.05. The number of likely N-dealkylation sites (tertiary alicyclic amines) is 1. The summed E-state index contributed by atoms with van der Waals surface area (Å²) in [5.74, 6) is -0.507. The average Bonchev–Trinajstić information content (AvgIpc) is 3.15. The maximum atomic E-state index is 13.1. The number of piperidine rings is 2. The molecule has 33 heavy (non-hydrogen) atoms. The van der Waals surface area contributed by atoms with Crippen LogP contribution in [0.1, 0.15) is 47.2 Å². The van der Waals surface area contributed by atoms with Gasteiger partial charge in [0.25, 0.3) is 5.91 Å². The summed E-state index contributed by atoms with van der Waals surface area (Å²) in [6.45, 7) is 6.07. The lowest BCUT2D eigenvalue weighted by atomic mass is 9.95. The van der Waals surface area contributed by atoms with E-state index in [-0.39, 0.29) is 36.0 Å². The monoisotopic (exact) mass is 453 g/mol. The minimum atomic E-state index is -0.593. The highest BCUT2D eigenvalue weighted by Gasteiger charge is 2.39. The van der Waals surface area contributed by atoms with Crippen molar-refractivity contribution >= 4 is 23.6 Å². The molecular weight excluding hydrogens is 422 g/mol. The standard InChI is InChI=1S/C24H31N5O4/c30-21-6-5-20(22(31)26-21)29-15-17-4-3-16(12-19(17)24(29)33)13-27-9-1-2-18(14-27)23(32)28-10-7-25-8-11-28/h3-4,12,18,20,25H,1-2,5-11,13-15H2,(H,26,30,31). The molecule has 2 N–H and O–H groups in total. The zero-order chi connectivity index (χ0) is 22.9. The maximum Gasteiger partial charge on any atom is 0.255 e. The Balaban J connectivity index is 1.23. The molecule has 4 amide bonds. The number of nitrogens with one attached hydrogen (secondary N) is 2. The molecule has 4 heterocycles. The van der Waals surface area contributed by atoms with Gasteiger partial charge >= 0.3 is 0 Å². The van der Waals surface area contributed by atoms with Crippen molar-refractivity contribution in [3.8, 4) is 0 Å². The van der Waals surface area contributed by atoms with Gasteiger partial charge in [0.15, 0.2) is 0 Å². The van der Waals surface area contributed by atoms with Crippen LogP contribution in [-0.2, 0) is 27.5 Å². The van der Waals surface area contributed by atoms with Gasteiger partial charge in [0, 0.05) is 57.8 Å². The second-order valence-electron chi connectivity index (χ2n) is 9.54. The van der Waals surface area contributed by atoms with E-state index in [0.29, 0.717) is 25.1 Å². The van der Waals surface area contributed by atoms with Gasteiger partial charge < -0.3 is 15.1 Å². The molecule has 2 unspecified atom stereocenters. The van der Waals surface area contributed by atoms with Gasteiger partial charge in [-0.15, -0.1) is 0 Å². The van der Waals surface area contributed by atoms with E-state index in [2.05, 4.69) is 15.5 Å². The van der Waals surface area contributed by atoms with Gasteiger partial charge in [0.1, 0.15) is 6.04 Å². The summed E-state index contributed by atoms with van der Waals surface area (Å²) < 4.78 is 0. The summed E-state index contributed by atoms with van der Waals surface area (Å²) >= 11 is 0. The van der Waals surface area contributed by atoms with E-state index in [4.69, 9.17) is 0 Å². The van der Waals surface area contributed by atoms with Crippen LogP contribution in [-0.4, -0.2) is 83.6 Å². The first-order valence-corrected chi connectivity index (χ1v) is 12.0. The molecule has 5 rings (SSSR count). The first kappa shape index (κ1) is 22.0. The van der Waals surface area contributed by atoms with E-state index in [1.54, 1.807) is 4.90 Å². The van der Waals surface area contributed by atoms with Crippen LogP contribution in [0.3, 0.4) is 0 Å². The Hall–Kier alpha value is -2.78. The summed E-state index contributed by atoms with van der Waals surface area (Å²) in [5, 5.41) is 5.64. The van der Waals surface area contributed by atoms with E-state index in [9.17, 15) is 19.2 Å². The van der Waals surface area contributed by atoms with Crippen molar-refractivity contribution < 1.29 is 19.2 Å². The summed E-state index contributed by atoms with van der Waals surface area (Å²) in [4.78, 5) is 55.6. The van der Waals surface area contributed by atoms with E-state index < -0.39 is 6.04 Å². The van der Waals surface area contributed by atoms with E-state index in [1.165, 1.54) is 0 Å². The summed E-state index contributed by atoms with van der Waals surface area (Å²) in [5.41, 5.74) is 2.60. The maximum absolute atomic E-state index is 13.1. The predicted molar refractivity (Wildman–Crippen MR) is 120 cm³/mol. The van der Waals surface area contributed by atoms with E-state index >= 15 is 0 Å². The van der Waals surface area contributed by atoms with Gasteiger partial charge in [-0.3, -0.25) is 29.4 Å². The Bertz CT molecular complexity index is 974. The number of piperazine rings is 1. The molecular formula is C24H31N5O4. The fraction of sp³-hybridized carbons (Fsp3) is 0.583. The molecule has 9 nitrogen and oxygen atoms in total. The molecule has 0 aliphatic carbocycles. The van der Waals surface area contributed by atoms with E-state index in [0.717, 1.165) is 63.2 Å². The van der Waals surface area contributed by atoms with Crippen molar-refractivity contribution in [1.82, 2.24) is 25.3 Å². The van der Waals surface area contributed by atoms with Crippen LogP contribution < -0.4 is 10.6 Å². The Morgan fingerprint density at radius 3 is 2.67 bits per heavy atom. The summed E-state index contributed by atoms with van der Waals surface area (Å²) in [6.07, 6.45) is 2.55. The molecule has 4 aliphatic rings. The number of fused-ring (bicyclic) bond motifs is 1. The van der Waals surface area contributed by atoms with Crippen molar-refractivity contribution in [3.05, 3.63) is 34.9 Å². The van der Waals surface area contributed by atoms with Crippen molar-refractivity contribution in [1.29, 1.82) is 0 Å². The number of rotatable bonds is 4. The van der Waals surface area contributed by atoms with Crippen LogP contribution in [0.25, 0.3) is 0 Å². The quantitative estimate of drug-likeness (QED) is 0.627. The minimum Gasteiger partial charge on any atom is -0.340 e. The van der Waals surface area contributed by atoms with Crippen molar-refractivity contribution in [2.45, 2.75) is 44.8 Å². The van der Waals surface area contributed by atoms with Crippen LogP contribution in [0.15, 0.2) is 18.2 Å². The fourth-order valence-corrected chi connectivity index (χ4v) is 5.50. The van der Waals surface area contributed by atoms with Gasteiger partial charge in [0.05, 0.1) is 5.92 Å². The third kappa shape index (κ3) is 4.52. The van der Waals surface area contributed by atoms with Gasteiger partial charge in [-0.2, -0.15) is 0 Å². The number of imide groups is 1. The second-order valence-corrected chi connectivity index (χ2v) is 9.54. The van der Waals surface area contributed by atoms with Gasteiger partial charge in [-0.05, 0) is 43.0 Å². The zero-order valence-electron chi connectivity index (χ0n) is 18.8. The topological polar surface area (TPSA) is 102 Å². The van der Waals surface area contributed by atoms with Gasteiger partial charge in [-0.25, -0.2) is 0 Å². The van der Waals surface area contributed by atoms with Crippen molar-refractivity contribution in [3.63, 3.8) is 0 Å². The lowest BCUT2D eigenvalue weighted by Gasteiger charge is -2.36. The van der Waals surface area contributed by atoms with Gasteiger partial charge in [-0.1, -0.05) is 12.1 Å². The SMILES string of the molecule is O=C1CCC(N2Cc3ccc(CN4CCCC(C(=O)N5CCNCC5)C4)cc3C2=O)C(=O)N1. The highest BCUT2D eigenvalue weighted by atomic mass is 16.2. The molecule has 0 bridgehead atoms. The second kappa shape index (κ2) is 9.23. The lowest BCUT2D eigenvalue weighted by Crippen LogP contribution is -2.52. The van der Waals surface area contributed by atoms with E-state index in [1.807, 2.05) is 23.1 Å². The number of carbonyl (C=O) groups is 4. The molecule has 0 spiro atoms. The summed E-state index contributed by atoms with van der Waals surface area (Å²) in [7, 11) is 0. The number of amides is 4. The largest absolute Gasteiger partial charge is 0.340 e. The fourth-order valence-electron chi connectivity index (χ4n) is 5.50. The first-order valence-electron chi connectivity index (χ1n) is 12.0. The molecule has 176 valence electrons. The van der Waals surface area contributed by atoms with Crippen LogP contribution in [0.5, 0.6) is 0 Å². The highest BCUT2D eigenvalue weighted by Crippen LogP contribution is 2.29. The normalized spacial score (nSPS) is 26.4. The molecule has 3 saturated heterocycles. The molecule has 0 aromatic heterocycles. The average molecular weight is 454 g/mol. The Morgan fingerprint density at radius 1 is 1.06 bits per heavy atom. The zero-order valence-corrected chi connectivity index (χ0v) is 18.8. The minimum absolute atomic E-state index is 0.0379. The van der Waals surface area contributed by atoms with Gasteiger partial charge in [0.2, 0.25) is 17.7 Å². The molecule has 1 aromatic rings. The summed E-state index contributed by atoms with van der Waals surface area (Å²) in [6, 6.07) is 5.36. The van der Waals surface area contributed by atoms with Crippen molar-refractivity contribution in [2.24, 2.45) is 5.92 Å². The number of hydrogen-bond donors (Lipinski definition) is 2. The number of hydrogen-bond acceptors (Lipinski definition) is 6. The Labute approximate surface area is 193 Å². The molecule has 9 heteroatoms. The molecule has 3 fully saturated rings. The van der Waals surface area contributed by atoms with Crippen LogP contribution in [0.2, 0.25) is 0 Å².